The molecule has 2 N–H and O–H groups in total. The highest BCUT2D eigenvalue weighted by molar-refractivity contribution is 7.18. The van der Waals surface area contributed by atoms with Gasteiger partial charge in [-0.05, 0) is 29.8 Å². The molecule has 1 unspecified atom stereocenters. The number of hydrogen-bond donors (Lipinski definition) is 2. The highest BCUT2D eigenvalue weighted by Gasteiger charge is 2.32. The smallest absolute Gasteiger partial charge is 0.414 e. The van der Waals surface area contributed by atoms with Crippen LogP contribution in [-0.4, -0.2) is 68.2 Å². The average molecular weight is 463 g/mol. The second-order valence-corrected chi connectivity index (χ2v) is 9.04. The number of amidine groups is 1. The van der Waals surface area contributed by atoms with E-state index in [1.54, 1.807) is 17.0 Å². The number of benzene rings is 1. The van der Waals surface area contributed by atoms with Crippen molar-refractivity contribution in [3.05, 3.63) is 51.2 Å². The Labute approximate surface area is 189 Å². The molecule has 2 aliphatic rings. The van der Waals surface area contributed by atoms with Gasteiger partial charge in [0.25, 0.3) is 5.91 Å². The number of halogens is 1. The van der Waals surface area contributed by atoms with Crippen LogP contribution in [0.3, 0.4) is 0 Å². The molecule has 8 nitrogen and oxygen atoms in total. The third kappa shape index (κ3) is 5.36. The number of thiophene rings is 1. The summed E-state index contributed by atoms with van der Waals surface area (Å²) < 4.78 is 11.3. The third-order valence-corrected chi connectivity index (χ3v) is 6.38. The summed E-state index contributed by atoms with van der Waals surface area (Å²) in [6.45, 7) is 3.29. The van der Waals surface area contributed by atoms with Crippen molar-refractivity contribution in [2.24, 2.45) is 0 Å². The minimum absolute atomic E-state index is 0.220. The van der Waals surface area contributed by atoms with E-state index in [2.05, 4.69) is 5.32 Å². The number of hydrogen-bond acceptors (Lipinski definition) is 6. The Bertz CT molecular complexity index is 976. The molecule has 4 rings (SSSR count). The van der Waals surface area contributed by atoms with Crippen LogP contribution in [0, 0.1) is 5.41 Å². The van der Waals surface area contributed by atoms with Gasteiger partial charge in [-0.2, -0.15) is 0 Å². The van der Waals surface area contributed by atoms with E-state index in [9.17, 15) is 9.59 Å². The summed E-state index contributed by atoms with van der Waals surface area (Å²) in [5.74, 6) is 0.300. The maximum Gasteiger partial charge on any atom is 0.414 e. The van der Waals surface area contributed by atoms with Crippen molar-refractivity contribution in [3.63, 3.8) is 0 Å². The molecule has 10 heteroatoms. The Morgan fingerprint density at radius 3 is 2.81 bits per heavy atom. The van der Waals surface area contributed by atoms with Gasteiger partial charge in [0.15, 0.2) is 0 Å². The highest BCUT2D eigenvalue weighted by atomic mass is 35.5. The number of ether oxygens (including phenoxy) is 2. The van der Waals surface area contributed by atoms with Gasteiger partial charge in [0.05, 0.1) is 35.5 Å². The molecule has 2 fully saturated rings. The Morgan fingerprint density at radius 1 is 1.26 bits per heavy atom. The van der Waals surface area contributed by atoms with E-state index in [0.29, 0.717) is 41.2 Å². The van der Waals surface area contributed by atoms with Crippen LogP contribution in [0.15, 0.2) is 36.4 Å². The van der Waals surface area contributed by atoms with Crippen molar-refractivity contribution in [1.82, 2.24) is 10.2 Å². The average Bonchev–Trinajstić information content (AvgIpc) is 3.38. The first kappa shape index (κ1) is 21.6. The largest absolute Gasteiger partial charge is 0.442 e. The number of cyclic esters (lactones) is 1. The zero-order valence-corrected chi connectivity index (χ0v) is 18.4. The molecule has 0 radical (unpaired) electrons. The van der Waals surface area contributed by atoms with E-state index < -0.39 is 12.2 Å². The third-order valence-electron chi connectivity index (χ3n) is 5.15. The monoisotopic (exact) mass is 462 g/mol. The molecular weight excluding hydrogens is 440 g/mol. The second kappa shape index (κ2) is 9.67. The van der Waals surface area contributed by atoms with Gasteiger partial charge in [-0.25, -0.2) is 4.79 Å². The van der Waals surface area contributed by atoms with Crippen molar-refractivity contribution >= 4 is 46.5 Å². The predicted molar refractivity (Wildman–Crippen MR) is 120 cm³/mol. The van der Waals surface area contributed by atoms with Gasteiger partial charge in [-0.3, -0.25) is 15.1 Å². The Morgan fingerprint density at radius 2 is 2.06 bits per heavy atom. The minimum Gasteiger partial charge on any atom is -0.442 e. The lowest BCUT2D eigenvalue weighted by Gasteiger charge is -2.29. The van der Waals surface area contributed by atoms with Crippen molar-refractivity contribution in [2.45, 2.75) is 12.5 Å². The number of carbonyl (C=O) groups excluding carboxylic acids is 2. The van der Waals surface area contributed by atoms with E-state index in [-0.39, 0.29) is 12.5 Å². The van der Waals surface area contributed by atoms with Crippen molar-refractivity contribution in [2.75, 3.05) is 44.3 Å². The summed E-state index contributed by atoms with van der Waals surface area (Å²) in [5, 5.41) is 11.1. The highest BCUT2D eigenvalue weighted by Crippen LogP contribution is 2.24. The summed E-state index contributed by atoms with van der Waals surface area (Å²) in [7, 11) is 0. The first-order chi connectivity index (χ1) is 15.0. The summed E-state index contributed by atoms with van der Waals surface area (Å²) in [5.41, 5.74) is 1.67. The van der Waals surface area contributed by atoms with E-state index >= 15 is 0 Å². The van der Waals surface area contributed by atoms with Gasteiger partial charge in [0, 0.05) is 25.2 Å². The molecule has 2 amide bonds. The number of amides is 2. The standard InChI is InChI=1S/C21H23ClN4O4S/c22-18-5-4-17(31-18)20(27)24-12-16-13-26(21(28)30-16)15-3-1-2-14(10-15)11-19(23)25-6-8-29-9-7-25/h1-5,10,16,23H,6-9,11-13H2,(H,24,27). The Kier molecular flexibility index (Phi) is 6.74. The molecule has 31 heavy (non-hydrogen) atoms. The van der Waals surface area contributed by atoms with Crippen LogP contribution >= 0.6 is 22.9 Å². The van der Waals surface area contributed by atoms with E-state index in [1.165, 1.54) is 11.3 Å². The Hall–Kier alpha value is -2.62. The van der Waals surface area contributed by atoms with Crippen LogP contribution in [0.1, 0.15) is 15.2 Å². The number of carbonyl (C=O) groups is 2. The van der Waals surface area contributed by atoms with Gasteiger partial charge in [0.1, 0.15) is 11.9 Å². The predicted octanol–water partition coefficient (Wildman–Crippen LogP) is 3.01. The fourth-order valence-electron chi connectivity index (χ4n) is 3.54. The van der Waals surface area contributed by atoms with Crippen molar-refractivity contribution in [1.29, 1.82) is 5.41 Å². The lowest BCUT2D eigenvalue weighted by atomic mass is 10.1. The summed E-state index contributed by atoms with van der Waals surface area (Å²) in [6, 6.07) is 10.9. The number of anilines is 1. The number of rotatable bonds is 6. The minimum atomic E-state index is -0.446. The van der Waals surface area contributed by atoms with Crippen LogP contribution < -0.4 is 10.2 Å². The van der Waals surface area contributed by atoms with E-state index in [4.69, 9.17) is 26.5 Å². The fraction of sp³-hybridized carbons (Fsp3) is 0.381. The van der Waals surface area contributed by atoms with Gasteiger partial charge in [0.2, 0.25) is 0 Å². The lowest BCUT2D eigenvalue weighted by Crippen LogP contribution is -2.41. The quantitative estimate of drug-likeness (QED) is 0.508. The molecule has 0 saturated carbocycles. The zero-order valence-electron chi connectivity index (χ0n) is 16.8. The zero-order chi connectivity index (χ0) is 21.8. The van der Waals surface area contributed by atoms with E-state index in [1.807, 2.05) is 29.2 Å². The first-order valence-corrected chi connectivity index (χ1v) is 11.2. The maximum atomic E-state index is 12.4. The number of nitrogens with one attached hydrogen (secondary N) is 2. The van der Waals surface area contributed by atoms with E-state index in [0.717, 1.165) is 24.3 Å². The lowest BCUT2D eigenvalue weighted by molar-refractivity contribution is 0.0670. The first-order valence-electron chi connectivity index (χ1n) is 10.0. The molecule has 0 spiro atoms. The second-order valence-electron chi connectivity index (χ2n) is 7.32. The summed E-state index contributed by atoms with van der Waals surface area (Å²) in [6.07, 6.45) is -0.402. The van der Waals surface area contributed by atoms with Crippen LogP contribution in [-0.2, 0) is 15.9 Å². The van der Waals surface area contributed by atoms with Gasteiger partial charge in [-0.15, -0.1) is 11.3 Å². The molecule has 2 saturated heterocycles. The molecule has 0 aliphatic carbocycles. The molecule has 1 aromatic carbocycles. The van der Waals surface area contributed by atoms with Gasteiger partial charge in [-0.1, -0.05) is 23.7 Å². The molecule has 1 atom stereocenters. The van der Waals surface area contributed by atoms with Crippen LogP contribution in [0.25, 0.3) is 0 Å². The molecule has 0 bridgehead atoms. The number of nitrogens with zero attached hydrogens (tertiary/aromatic N) is 2. The molecule has 3 heterocycles. The molecule has 164 valence electrons. The fourth-order valence-corrected chi connectivity index (χ4v) is 4.50. The summed E-state index contributed by atoms with van der Waals surface area (Å²) in [4.78, 5) is 28.7. The Balaban J connectivity index is 1.34. The molecule has 1 aromatic heterocycles. The van der Waals surface area contributed by atoms with Gasteiger partial charge >= 0.3 is 6.09 Å². The molecular formula is C21H23ClN4O4S. The van der Waals surface area contributed by atoms with Gasteiger partial charge < -0.3 is 19.7 Å². The van der Waals surface area contributed by atoms with Crippen LogP contribution in [0.5, 0.6) is 0 Å². The molecule has 2 aliphatic heterocycles. The van der Waals surface area contributed by atoms with Crippen molar-refractivity contribution in [3.8, 4) is 0 Å². The SMILES string of the molecule is N=C(Cc1cccc(N2CC(CNC(=O)c3ccc(Cl)s3)OC2=O)c1)N1CCOCC1. The topological polar surface area (TPSA) is 95.0 Å². The molecule has 2 aromatic rings. The normalized spacial score (nSPS) is 18.7. The van der Waals surface area contributed by atoms with Crippen molar-refractivity contribution < 1.29 is 19.1 Å². The maximum absolute atomic E-state index is 12.4. The number of morpholine rings is 1. The summed E-state index contributed by atoms with van der Waals surface area (Å²) >= 11 is 7.07. The van der Waals surface area contributed by atoms with Crippen LogP contribution in [0.2, 0.25) is 4.34 Å². The van der Waals surface area contributed by atoms with Crippen LogP contribution in [0.4, 0.5) is 10.5 Å².